The molecule has 0 saturated carbocycles. The summed E-state index contributed by atoms with van der Waals surface area (Å²) in [6, 6.07) is 2.00. The van der Waals surface area contributed by atoms with Gasteiger partial charge in [-0.25, -0.2) is 9.97 Å². The zero-order valence-corrected chi connectivity index (χ0v) is 11.6. The lowest BCUT2D eigenvalue weighted by Gasteiger charge is -2.16. The maximum absolute atomic E-state index is 5.43. The molecule has 0 radical (unpaired) electrons. The summed E-state index contributed by atoms with van der Waals surface area (Å²) in [4.78, 5) is 10.8. The molecule has 0 unspecified atom stereocenters. The van der Waals surface area contributed by atoms with E-state index in [0.29, 0.717) is 13.2 Å². The summed E-state index contributed by atoms with van der Waals surface area (Å²) in [5.41, 5.74) is 1.04. The minimum absolute atomic E-state index is 0.616. The minimum atomic E-state index is 0.616. The predicted octanol–water partition coefficient (Wildman–Crippen LogP) is 2.08. The van der Waals surface area contributed by atoms with E-state index in [1.54, 1.807) is 6.33 Å². The molecule has 104 valence electrons. The topological polar surface area (TPSA) is 50.3 Å². The molecule has 1 aliphatic rings. The van der Waals surface area contributed by atoms with Crippen molar-refractivity contribution in [1.29, 1.82) is 0 Å². The van der Waals surface area contributed by atoms with Crippen molar-refractivity contribution in [2.75, 3.05) is 43.1 Å². The molecule has 5 heteroatoms. The first kappa shape index (κ1) is 13.8. The van der Waals surface area contributed by atoms with Gasteiger partial charge in [0, 0.05) is 25.7 Å². The fourth-order valence-corrected chi connectivity index (χ4v) is 2.06. The molecule has 19 heavy (non-hydrogen) atoms. The van der Waals surface area contributed by atoms with E-state index >= 15 is 0 Å². The van der Waals surface area contributed by atoms with E-state index in [-0.39, 0.29) is 0 Å². The van der Waals surface area contributed by atoms with Crippen LogP contribution in [-0.2, 0) is 4.74 Å². The van der Waals surface area contributed by atoms with E-state index in [4.69, 9.17) is 4.74 Å². The Morgan fingerprint density at radius 1 is 1.42 bits per heavy atom. The SMILES string of the molecule is C=C(C)COCCNc1cc(N2CCCC2)ncn1. The lowest BCUT2D eigenvalue weighted by molar-refractivity contribution is 0.167. The summed E-state index contributed by atoms with van der Waals surface area (Å²) in [5, 5.41) is 3.25. The third-order valence-corrected chi connectivity index (χ3v) is 2.98. The highest BCUT2D eigenvalue weighted by Crippen LogP contribution is 2.18. The molecule has 1 aromatic heterocycles. The van der Waals surface area contributed by atoms with Crippen molar-refractivity contribution < 1.29 is 4.74 Å². The smallest absolute Gasteiger partial charge is 0.134 e. The molecule has 0 spiro atoms. The molecule has 0 aliphatic carbocycles. The fraction of sp³-hybridized carbons (Fsp3) is 0.571. The highest BCUT2D eigenvalue weighted by atomic mass is 16.5. The van der Waals surface area contributed by atoms with Crippen molar-refractivity contribution in [3.05, 3.63) is 24.5 Å². The van der Waals surface area contributed by atoms with Gasteiger partial charge in [-0.3, -0.25) is 0 Å². The molecule has 0 bridgehead atoms. The number of rotatable bonds is 7. The van der Waals surface area contributed by atoms with Crippen LogP contribution in [0.1, 0.15) is 19.8 Å². The van der Waals surface area contributed by atoms with Gasteiger partial charge in [-0.2, -0.15) is 0 Å². The number of nitrogens with one attached hydrogen (secondary N) is 1. The number of nitrogens with zero attached hydrogens (tertiary/aromatic N) is 3. The van der Waals surface area contributed by atoms with E-state index < -0.39 is 0 Å². The highest BCUT2D eigenvalue weighted by Gasteiger charge is 2.13. The summed E-state index contributed by atoms with van der Waals surface area (Å²) < 4.78 is 5.43. The van der Waals surface area contributed by atoms with Gasteiger partial charge in [0.15, 0.2) is 0 Å². The normalized spacial score (nSPS) is 14.7. The molecular weight excluding hydrogens is 240 g/mol. The lowest BCUT2D eigenvalue weighted by Crippen LogP contribution is -2.19. The van der Waals surface area contributed by atoms with Gasteiger partial charge in [0.05, 0.1) is 13.2 Å². The largest absolute Gasteiger partial charge is 0.375 e. The van der Waals surface area contributed by atoms with Gasteiger partial charge in [-0.05, 0) is 19.8 Å². The van der Waals surface area contributed by atoms with Crippen LogP contribution in [0.3, 0.4) is 0 Å². The van der Waals surface area contributed by atoms with Gasteiger partial charge in [0.25, 0.3) is 0 Å². The van der Waals surface area contributed by atoms with E-state index in [0.717, 1.165) is 36.8 Å². The summed E-state index contributed by atoms with van der Waals surface area (Å²) in [6.45, 7) is 9.95. The zero-order chi connectivity index (χ0) is 13.5. The minimum Gasteiger partial charge on any atom is -0.375 e. The van der Waals surface area contributed by atoms with Crippen LogP contribution >= 0.6 is 0 Å². The zero-order valence-electron chi connectivity index (χ0n) is 11.6. The monoisotopic (exact) mass is 262 g/mol. The predicted molar refractivity (Wildman–Crippen MR) is 77.6 cm³/mol. The van der Waals surface area contributed by atoms with E-state index in [1.165, 1.54) is 12.8 Å². The number of hydrogen-bond acceptors (Lipinski definition) is 5. The Kier molecular flexibility index (Phi) is 5.15. The molecular formula is C14H22N4O. The first-order chi connectivity index (χ1) is 9.25. The third-order valence-electron chi connectivity index (χ3n) is 2.98. The molecule has 2 heterocycles. The van der Waals surface area contributed by atoms with Crippen LogP contribution in [0.25, 0.3) is 0 Å². The summed E-state index contributed by atoms with van der Waals surface area (Å²) in [5.74, 6) is 1.87. The molecule has 0 aromatic carbocycles. The average Bonchev–Trinajstić information content (AvgIpc) is 2.92. The van der Waals surface area contributed by atoms with E-state index in [2.05, 4.69) is 26.8 Å². The van der Waals surface area contributed by atoms with Crippen LogP contribution < -0.4 is 10.2 Å². The fourth-order valence-electron chi connectivity index (χ4n) is 2.06. The second kappa shape index (κ2) is 7.09. The molecule has 1 saturated heterocycles. The van der Waals surface area contributed by atoms with Gasteiger partial charge in [0.1, 0.15) is 18.0 Å². The Morgan fingerprint density at radius 3 is 2.95 bits per heavy atom. The summed E-state index contributed by atoms with van der Waals surface area (Å²) >= 11 is 0. The quantitative estimate of drug-likeness (QED) is 0.602. The standard InChI is InChI=1S/C14H22N4O/c1-12(2)10-19-8-5-15-13-9-14(17-11-16-13)18-6-3-4-7-18/h9,11H,1,3-8,10H2,2H3,(H,15,16,17). The molecule has 0 amide bonds. The Morgan fingerprint density at radius 2 is 2.21 bits per heavy atom. The van der Waals surface area contributed by atoms with Crippen LogP contribution in [0, 0.1) is 0 Å². The van der Waals surface area contributed by atoms with Crippen LogP contribution in [0.5, 0.6) is 0 Å². The number of aromatic nitrogens is 2. The Balaban J connectivity index is 1.77. The molecule has 1 N–H and O–H groups in total. The van der Waals surface area contributed by atoms with Crippen LogP contribution in [-0.4, -0.2) is 42.8 Å². The van der Waals surface area contributed by atoms with Crippen LogP contribution in [0.4, 0.5) is 11.6 Å². The molecule has 5 nitrogen and oxygen atoms in total. The van der Waals surface area contributed by atoms with Crippen molar-refractivity contribution in [3.8, 4) is 0 Å². The first-order valence-corrected chi connectivity index (χ1v) is 6.79. The molecule has 0 atom stereocenters. The van der Waals surface area contributed by atoms with Crippen LogP contribution in [0.15, 0.2) is 24.5 Å². The number of hydrogen-bond donors (Lipinski definition) is 1. The number of ether oxygens (including phenoxy) is 1. The molecule has 1 aliphatic heterocycles. The van der Waals surface area contributed by atoms with Gasteiger partial charge in [-0.1, -0.05) is 12.2 Å². The summed E-state index contributed by atoms with van der Waals surface area (Å²) in [7, 11) is 0. The second-order valence-corrected chi connectivity index (χ2v) is 4.89. The van der Waals surface area contributed by atoms with Crippen molar-refractivity contribution in [3.63, 3.8) is 0 Å². The van der Waals surface area contributed by atoms with Gasteiger partial charge in [0.2, 0.25) is 0 Å². The van der Waals surface area contributed by atoms with Gasteiger partial charge in [-0.15, -0.1) is 0 Å². The third kappa shape index (κ3) is 4.52. The molecule has 1 fully saturated rings. The van der Waals surface area contributed by atoms with Crippen molar-refractivity contribution >= 4 is 11.6 Å². The number of anilines is 2. The second-order valence-electron chi connectivity index (χ2n) is 4.89. The van der Waals surface area contributed by atoms with Crippen molar-refractivity contribution in [2.24, 2.45) is 0 Å². The van der Waals surface area contributed by atoms with Crippen molar-refractivity contribution in [2.45, 2.75) is 19.8 Å². The van der Waals surface area contributed by atoms with Crippen LogP contribution in [0.2, 0.25) is 0 Å². The molecule has 2 rings (SSSR count). The Hall–Kier alpha value is -1.62. The van der Waals surface area contributed by atoms with E-state index in [9.17, 15) is 0 Å². The molecule has 1 aromatic rings. The summed E-state index contributed by atoms with van der Waals surface area (Å²) in [6.07, 6.45) is 4.12. The maximum atomic E-state index is 5.43. The van der Waals surface area contributed by atoms with Gasteiger partial charge < -0.3 is 15.0 Å². The van der Waals surface area contributed by atoms with Crippen molar-refractivity contribution in [1.82, 2.24) is 9.97 Å². The lowest BCUT2D eigenvalue weighted by atomic mass is 10.4. The maximum Gasteiger partial charge on any atom is 0.134 e. The van der Waals surface area contributed by atoms with Gasteiger partial charge >= 0.3 is 0 Å². The Bertz CT molecular complexity index is 416. The Labute approximate surface area is 114 Å². The average molecular weight is 262 g/mol. The highest BCUT2D eigenvalue weighted by molar-refractivity contribution is 5.48. The van der Waals surface area contributed by atoms with E-state index in [1.807, 2.05) is 13.0 Å². The first-order valence-electron chi connectivity index (χ1n) is 6.79.